The molecule has 0 spiro atoms. The van der Waals surface area contributed by atoms with Crippen molar-refractivity contribution >= 4 is 22.4 Å². The summed E-state index contributed by atoms with van der Waals surface area (Å²) in [6, 6.07) is 3.92. The fourth-order valence-electron chi connectivity index (χ4n) is 1.87. The minimum absolute atomic E-state index is 0. The molecule has 0 aromatic heterocycles. The van der Waals surface area contributed by atoms with Crippen LogP contribution in [0.15, 0.2) is 23.1 Å². The van der Waals surface area contributed by atoms with E-state index in [9.17, 15) is 12.8 Å². The van der Waals surface area contributed by atoms with Crippen molar-refractivity contribution in [3.8, 4) is 0 Å². The van der Waals surface area contributed by atoms with Gasteiger partial charge < -0.3 is 5.73 Å². The van der Waals surface area contributed by atoms with Gasteiger partial charge in [0.15, 0.2) is 0 Å². The minimum Gasteiger partial charge on any atom is -0.329 e. The summed E-state index contributed by atoms with van der Waals surface area (Å²) >= 11 is 0. The van der Waals surface area contributed by atoms with Crippen LogP contribution >= 0.6 is 12.4 Å². The summed E-state index contributed by atoms with van der Waals surface area (Å²) in [5.74, 6) is -0.408. The Morgan fingerprint density at radius 1 is 1.35 bits per heavy atom. The van der Waals surface area contributed by atoms with Gasteiger partial charge in [-0.2, -0.15) is 0 Å². The number of rotatable bonds is 6. The fraction of sp³-hybridized carbons (Fsp3) is 0.538. The number of sulfonamides is 1. The van der Waals surface area contributed by atoms with E-state index in [0.29, 0.717) is 17.9 Å². The summed E-state index contributed by atoms with van der Waals surface area (Å²) < 4.78 is 40.6. The third-order valence-corrected chi connectivity index (χ3v) is 4.35. The van der Waals surface area contributed by atoms with Gasteiger partial charge in [0.1, 0.15) is 10.7 Å². The van der Waals surface area contributed by atoms with E-state index in [0.717, 1.165) is 0 Å². The van der Waals surface area contributed by atoms with Crippen molar-refractivity contribution in [2.75, 3.05) is 6.54 Å². The molecule has 0 saturated carbocycles. The molecule has 1 rings (SSSR count). The second-order valence-corrected chi connectivity index (χ2v) is 6.75. The van der Waals surface area contributed by atoms with Crippen molar-refractivity contribution < 1.29 is 12.8 Å². The Balaban J connectivity index is 0.00000361. The first-order chi connectivity index (χ1) is 8.77. The molecule has 0 saturated heterocycles. The quantitative estimate of drug-likeness (QED) is 0.842. The van der Waals surface area contributed by atoms with E-state index >= 15 is 0 Å². The number of hydrogen-bond acceptors (Lipinski definition) is 3. The molecule has 0 amide bonds. The molecule has 0 aliphatic rings. The molecule has 0 aliphatic carbocycles. The first-order valence-corrected chi connectivity index (χ1v) is 7.73. The Hall–Kier alpha value is -0.690. The lowest BCUT2D eigenvalue weighted by molar-refractivity contribution is 0.463. The lowest BCUT2D eigenvalue weighted by atomic mass is 10.1. The first-order valence-electron chi connectivity index (χ1n) is 6.25. The molecule has 7 heteroatoms. The Kier molecular flexibility index (Phi) is 7.65. The zero-order valence-electron chi connectivity index (χ0n) is 11.9. The highest BCUT2D eigenvalue weighted by Gasteiger charge is 2.23. The lowest BCUT2D eigenvalue weighted by Crippen LogP contribution is -2.41. The molecule has 116 valence electrons. The van der Waals surface area contributed by atoms with E-state index in [4.69, 9.17) is 5.73 Å². The number of halogens is 2. The van der Waals surface area contributed by atoms with Crippen molar-refractivity contribution in [1.82, 2.24) is 4.72 Å². The topological polar surface area (TPSA) is 72.2 Å². The Labute approximate surface area is 126 Å². The predicted octanol–water partition coefficient (Wildman–Crippen LogP) is 2.21. The van der Waals surface area contributed by atoms with Crippen LogP contribution in [0.1, 0.15) is 25.8 Å². The number of benzene rings is 1. The van der Waals surface area contributed by atoms with Crippen molar-refractivity contribution in [3.63, 3.8) is 0 Å². The van der Waals surface area contributed by atoms with E-state index < -0.39 is 15.8 Å². The lowest BCUT2D eigenvalue weighted by Gasteiger charge is -2.19. The molecule has 0 radical (unpaired) electrons. The van der Waals surface area contributed by atoms with Gasteiger partial charge in [-0.05, 0) is 30.9 Å². The largest absolute Gasteiger partial charge is 0.329 e. The normalized spacial score (nSPS) is 13.1. The van der Waals surface area contributed by atoms with Crippen molar-refractivity contribution in [2.45, 2.75) is 38.1 Å². The molecule has 1 atom stereocenters. The van der Waals surface area contributed by atoms with Crippen molar-refractivity contribution in [3.05, 3.63) is 29.6 Å². The zero-order valence-corrected chi connectivity index (χ0v) is 13.5. The third kappa shape index (κ3) is 5.01. The van der Waals surface area contributed by atoms with Gasteiger partial charge in [0.2, 0.25) is 10.0 Å². The van der Waals surface area contributed by atoms with Crippen LogP contribution in [-0.4, -0.2) is 21.0 Å². The summed E-state index contributed by atoms with van der Waals surface area (Å²) in [5, 5.41) is 0. The third-order valence-electron chi connectivity index (χ3n) is 2.81. The van der Waals surface area contributed by atoms with Crippen LogP contribution in [0.4, 0.5) is 4.39 Å². The molecule has 0 heterocycles. The molecule has 3 N–H and O–H groups in total. The van der Waals surface area contributed by atoms with Crippen LogP contribution in [0.5, 0.6) is 0 Å². The van der Waals surface area contributed by atoms with Gasteiger partial charge in [-0.15, -0.1) is 12.4 Å². The zero-order chi connectivity index (χ0) is 14.6. The molecular weight excluding hydrogens is 303 g/mol. The fourth-order valence-corrected chi connectivity index (χ4v) is 3.29. The van der Waals surface area contributed by atoms with Crippen LogP contribution in [0, 0.1) is 18.7 Å². The molecule has 0 aliphatic heterocycles. The van der Waals surface area contributed by atoms with Gasteiger partial charge in [-0.3, -0.25) is 0 Å². The van der Waals surface area contributed by atoms with E-state index in [1.165, 1.54) is 25.1 Å². The average molecular weight is 325 g/mol. The summed E-state index contributed by atoms with van der Waals surface area (Å²) in [6.07, 6.45) is 0.614. The average Bonchev–Trinajstić information content (AvgIpc) is 2.30. The van der Waals surface area contributed by atoms with Gasteiger partial charge in [-0.25, -0.2) is 17.5 Å². The summed E-state index contributed by atoms with van der Waals surface area (Å²) in [6.45, 7) is 5.67. The maximum atomic E-state index is 13.9. The van der Waals surface area contributed by atoms with Crippen molar-refractivity contribution in [1.29, 1.82) is 0 Å². The molecule has 1 aromatic carbocycles. The van der Waals surface area contributed by atoms with Crippen LogP contribution in [0.2, 0.25) is 0 Å². The highest BCUT2D eigenvalue weighted by Crippen LogP contribution is 2.18. The van der Waals surface area contributed by atoms with Gasteiger partial charge >= 0.3 is 0 Å². The van der Waals surface area contributed by atoms with Crippen LogP contribution in [0.3, 0.4) is 0 Å². The van der Waals surface area contributed by atoms with Crippen LogP contribution < -0.4 is 10.5 Å². The van der Waals surface area contributed by atoms with E-state index in [1.54, 1.807) is 0 Å². The molecule has 4 nitrogen and oxygen atoms in total. The Bertz CT molecular complexity index is 535. The van der Waals surface area contributed by atoms with Gasteiger partial charge in [0.05, 0.1) is 0 Å². The van der Waals surface area contributed by atoms with Gasteiger partial charge in [0.25, 0.3) is 0 Å². The van der Waals surface area contributed by atoms with Gasteiger partial charge in [0, 0.05) is 12.6 Å². The summed E-state index contributed by atoms with van der Waals surface area (Å²) in [5.41, 5.74) is 5.86. The first kappa shape index (κ1) is 19.3. The van der Waals surface area contributed by atoms with Crippen molar-refractivity contribution in [2.24, 2.45) is 11.7 Å². The van der Waals surface area contributed by atoms with Crippen LogP contribution in [0.25, 0.3) is 0 Å². The number of nitrogens with two attached hydrogens (primary N) is 1. The molecular formula is C13H22ClFN2O2S. The summed E-state index contributed by atoms with van der Waals surface area (Å²) in [7, 11) is -3.88. The summed E-state index contributed by atoms with van der Waals surface area (Å²) in [4.78, 5) is -0.324. The predicted molar refractivity (Wildman–Crippen MR) is 81.0 cm³/mol. The molecule has 0 bridgehead atoms. The number of nitrogens with one attached hydrogen (secondary N) is 1. The van der Waals surface area contributed by atoms with E-state index in [-0.39, 0.29) is 29.9 Å². The number of aryl methyl sites for hydroxylation is 1. The maximum absolute atomic E-state index is 13.9. The molecule has 20 heavy (non-hydrogen) atoms. The van der Waals surface area contributed by atoms with Gasteiger partial charge in [-0.1, -0.05) is 26.0 Å². The monoisotopic (exact) mass is 324 g/mol. The second-order valence-electron chi connectivity index (χ2n) is 5.07. The van der Waals surface area contributed by atoms with E-state index in [1.807, 2.05) is 13.8 Å². The van der Waals surface area contributed by atoms with Crippen LogP contribution in [-0.2, 0) is 10.0 Å². The van der Waals surface area contributed by atoms with E-state index in [2.05, 4.69) is 4.72 Å². The Morgan fingerprint density at radius 2 is 1.95 bits per heavy atom. The highest BCUT2D eigenvalue weighted by atomic mass is 35.5. The minimum atomic E-state index is -3.88. The molecule has 1 aromatic rings. The maximum Gasteiger partial charge on any atom is 0.243 e. The smallest absolute Gasteiger partial charge is 0.243 e. The standard InChI is InChI=1S/C13H21FN2O2S.ClH/c1-9(2)7-11(8-15)16-19(17,18)12-6-4-5-10(3)13(12)14;/h4-6,9,11,16H,7-8,15H2,1-3H3;1H. The highest BCUT2D eigenvalue weighted by molar-refractivity contribution is 7.89. The molecule has 1 unspecified atom stereocenters. The number of hydrogen-bond donors (Lipinski definition) is 2. The Morgan fingerprint density at radius 3 is 2.45 bits per heavy atom. The molecule has 0 fully saturated rings. The second kappa shape index (κ2) is 7.93. The SMILES string of the molecule is Cc1cccc(S(=O)(=O)NC(CN)CC(C)C)c1F.Cl.